The number of anilines is 3. The van der Waals surface area contributed by atoms with Gasteiger partial charge in [0.15, 0.2) is 0 Å². The lowest BCUT2D eigenvalue weighted by Crippen LogP contribution is -2.24. The molecule has 45 heavy (non-hydrogen) atoms. The molecule has 0 saturated carbocycles. The minimum absolute atomic E-state index is 0.0544. The van der Waals surface area contributed by atoms with Crippen molar-refractivity contribution in [3.8, 4) is 21.7 Å². The lowest BCUT2D eigenvalue weighted by molar-refractivity contribution is 0.490. The molecule has 1 heterocycles. The second kappa shape index (κ2) is 11.9. The van der Waals surface area contributed by atoms with E-state index in [-0.39, 0.29) is 5.41 Å². The van der Waals surface area contributed by atoms with E-state index in [1.807, 2.05) is 0 Å². The second-order valence-corrected chi connectivity index (χ2v) is 13.2. The Bertz CT molecular complexity index is 1960. The Kier molecular flexibility index (Phi) is 7.83. The Morgan fingerprint density at radius 3 is 1.93 bits per heavy atom. The van der Waals surface area contributed by atoms with Crippen LogP contribution < -0.4 is 4.90 Å². The lowest BCUT2D eigenvalue weighted by atomic mass is 9.73. The minimum atomic E-state index is -0.0544. The third kappa shape index (κ3) is 4.71. The van der Waals surface area contributed by atoms with E-state index in [2.05, 4.69) is 143 Å². The largest absolute Gasteiger partial charge is 0.310 e. The summed E-state index contributed by atoms with van der Waals surface area (Å²) in [7, 11) is 0. The SMILES string of the molecule is CCc1ccccc1N(c1ccc2c(c1)C(CC)(CC)c1cc(-c3nc4ccccc4s3)ccc1-2)c1c(CC)cccc1CC. The number of para-hydroxylation sites is 3. The molecule has 226 valence electrons. The van der Waals surface area contributed by atoms with E-state index in [1.165, 1.54) is 66.3 Å². The monoisotopic (exact) mass is 606 g/mol. The number of hydrogen-bond donors (Lipinski definition) is 0. The summed E-state index contributed by atoms with van der Waals surface area (Å²) in [5.74, 6) is 0. The highest BCUT2D eigenvalue weighted by Gasteiger charge is 2.41. The highest BCUT2D eigenvalue weighted by Crippen LogP contribution is 2.55. The highest BCUT2D eigenvalue weighted by atomic mass is 32.1. The van der Waals surface area contributed by atoms with Crippen molar-refractivity contribution in [1.82, 2.24) is 4.98 Å². The van der Waals surface area contributed by atoms with Crippen LogP contribution in [0, 0.1) is 0 Å². The first kappa shape index (κ1) is 29.5. The Hall–Kier alpha value is -4.21. The lowest BCUT2D eigenvalue weighted by Gasteiger charge is -2.34. The number of fused-ring (bicyclic) bond motifs is 4. The van der Waals surface area contributed by atoms with Crippen LogP contribution in [0.5, 0.6) is 0 Å². The molecule has 0 radical (unpaired) electrons. The molecule has 1 aliphatic rings. The highest BCUT2D eigenvalue weighted by molar-refractivity contribution is 7.21. The zero-order valence-corrected chi connectivity index (χ0v) is 28.0. The Labute approximate surface area is 272 Å². The molecule has 5 aromatic carbocycles. The van der Waals surface area contributed by atoms with Gasteiger partial charge in [0, 0.05) is 22.4 Å². The number of benzene rings is 5. The molecule has 7 rings (SSSR count). The van der Waals surface area contributed by atoms with Crippen LogP contribution in [-0.2, 0) is 24.7 Å². The van der Waals surface area contributed by atoms with Gasteiger partial charge in [0.25, 0.3) is 0 Å². The van der Waals surface area contributed by atoms with Crippen molar-refractivity contribution in [3.63, 3.8) is 0 Å². The summed E-state index contributed by atoms with van der Waals surface area (Å²) >= 11 is 1.79. The first-order valence-corrected chi connectivity index (χ1v) is 17.5. The predicted molar refractivity (Wildman–Crippen MR) is 195 cm³/mol. The molecule has 1 aliphatic carbocycles. The van der Waals surface area contributed by atoms with Crippen LogP contribution >= 0.6 is 11.3 Å². The summed E-state index contributed by atoms with van der Waals surface area (Å²) in [6.07, 6.45) is 5.07. The Balaban J connectivity index is 1.43. The third-order valence-electron chi connectivity index (χ3n) is 10.2. The molecule has 0 saturated heterocycles. The Morgan fingerprint density at radius 1 is 0.622 bits per heavy atom. The van der Waals surface area contributed by atoms with Crippen molar-refractivity contribution in [1.29, 1.82) is 0 Å². The van der Waals surface area contributed by atoms with E-state index in [1.54, 1.807) is 11.3 Å². The summed E-state index contributed by atoms with van der Waals surface area (Å²) < 4.78 is 1.24. The maximum Gasteiger partial charge on any atom is 0.124 e. The van der Waals surface area contributed by atoms with Crippen LogP contribution in [0.4, 0.5) is 17.1 Å². The van der Waals surface area contributed by atoms with Crippen molar-refractivity contribution in [3.05, 3.63) is 131 Å². The van der Waals surface area contributed by atoms with Gasteiger partial charge in [0.2, 0.25) is 0 Å². The summed E-state index contributed by atoms with van der Waals surface area (Å²) in [6.45, 7) is 11.6. The van der Waals surface area contributed by atoms with Gasteiger partial charge >= 0.3 is 0 Å². The van der Waals surface area contributed by atoms with Gasteiger partial charge in [0.05, 0.1) is 15.9 Å². The summed E-state index contributed by atoms with van der Waals surface area (Å²) in [4.78, 5) is 7.59. The molecule has 0 amide bonds. The molecule has 3 heteroatoms. The van der Waals surface area contributed by atoms with Gasteiger partial charge in [0.1, 0.15) is 5.01 Å². The number of hydrogen-bond acceptors (Lipinski definition) is 3. The first-order chi connectivity index (χ1) is 22.1. The van der Waals surface area contributed by atoms with E-state index < -0.39 is 0 Å². The maximum absolute atomic E-state index is 5.02. The standard InChI is InChI=1S/C42H42N2S/c1-6-28-16-11-13-20-38(28)44(40-29(7-2)17-15-18-30(40)8-3)32-23-25-34-33-24-22-31(41-43-37-19-12-14-21-39(37)45-41)26-35(33)42(9-4,10-5)36(34)27-32/h11-27H,6-10H2,1-5H3. The topological polar surface area (TPSA) is 16.1 Å². The van der Waals surface area contributed by atoms with Gasteiger partial charge < -0.3 is 4.90 Å². The van der Waals surface area contributed by atoms with E-state index >= 15 is 0 Å². The molecular formula is C42H42N2S. The van der Waals surface area contributed by atoms with Gasteiger partial charge in [-0.15, -0.1) is 11.3 Å². The predicted octanol–water partition coefficient (Wildman–Crippen LogP) is 12.2. The van der Waals surface area contributed by atoms with Gasteiger partial charge in [-0.3, -0.25) is 0 Å². The second-order valence-electron chi connectivity index (χ2n) is 12.2. The van der Waals surface area contributed by atoms with E-state index in [9.17, 15) is 0 Å². The zero-order valence-electron chi connectivity index (χ0n) is 27.2. The smallest absolute Gasteiger partial charge is 0.124 e. The molecule has 0 bridgehead atoms. The molecular weight excluding hydrogens is 565 g/mol. The fourth-order valence-electron chi connectivity index (χ4n) is 7.68. The van der Waals surface area contributed by atoms with Gasteiger partial charge in [-0.2, -0.15) is 0 Å². The average molecular weight is 607 g/mol. The van der Waals surface area contributed by atoms with Crippen LogP contribution in [0.25, 0.3) is 31.9 Å². The molecule has 0 spiro atoms. The Morgan fingerprint density at radius 2 is 1.24 bits per heavy atom. The van der Waals surface area contributed by atoms with Crippen LogP contribution in [0.1, 0.15) is 75.3 Å². The molecule has 2 nitrogen and oxygen atoms in total. The summed E-state index contributed by atoms with van der Waals surface area (Å²) in [6, 6.07) is 38.7. The zero-order chi connectivity index (χ0) is 31.1. The quantitative estimate of drug-likeness (QED) is 0.163. The van der Waals surface area contributed by atoms with Crippen LogP contribution in [0.15, 0.2) is 103 Å². The van der Waals surface area contributed by atoms with Crippen LogP contribution in [0.2, 0.25) is 0 Å². The summed E-state index contributed by atoms with van der Waals surface area (Å²) in [5.41, 5.74) is 15.9. The number of thiazole rings is 1. The van der Waals surface area contributed by atoms with E-state index in [0.29, 0.717) is 0 Å². The fourth-order valence-corrected chi connectivity index (χ4v) is 8.64. The van der Waals surface area contributed by atoms with Crippen molar-refractivity contribution in [2.24, 2.45) is 0 Å². The third-order valence-corrected chi connectivity index (χ3v) is 11.2. The van der Waals surface area contributed by atoms with Gasteiger partial charge in [-0.05, 0) is 107 Å². The molecule has 6 aromatic rings. The van der Waals surface area contributed by atoms with Crippen molar-refractivity contribution in [2.75, 3.05) is 4.90 Å². The number of nitrogens with zero attached hydrogens (tertiary/aromatic N) is 2. The molecule has 0 atom stereocenters. The number of rotatable bonds is 9. The molecule has 1 aromatic heterocycles. The molecule has 0 fully saturated rings. The van der Waals surface area contributed by atoms with Gasteiger partial charge in [-0.1, -0.05) is 101 Å². The van der Waals surface area contributed by atoms with Crippen molar-refractivity contribution in [2.45, 2.75) is 72.1 Å². The summed E-state index contributed by atoms with van der Waals surface area (Å²) in [5, 5.41) is 1.10. The minimum Gasteiger partial charge on any atom is -0.310 e. The van der Waals surface area contributed by atoms with Crippen LogP contribution in [-0.4, -0.2) is 4.98 Å². The molecule has 0 unspecified atom stereocenters. The number of aromatic nitrogens is 1. The molecule has 0 aliphatic heterocycles. The maximum atomic E-state index is 5.02. The number of aryl methyl sites for hydroxylation is 3. The van der Waals surface area contributed by atoms with Gasteiger partial charge in [-0.25, -0.2) is 4.98 Å². The normalized spacial score (nSPS) is 13.2. The van der Waals surface area contributed by atoms with Crippen LogP contribution in [0.3, 0.4) is 0 Å². The van der Waals surface area contributed by atoms with Crippen molar-refractivity contribution >= 4 is 38.6 Å². The van der Waals surface area contributed by atoms with E-state index in [0.717, 1.165) is 42.6 Å². The van der Waals surface area contributed by atoms with E-state index in [4.69, 9.17) is 4.98 Å². The first-order valence-electron chi connectivity index (χ1n) is 16.7. The average Bonchev–Trinajstić information content (AvgIpc) is 3.65. The molecule has 0 N–H and O–H groups in total. The van der Waals surface area contributed by atoms with Crippen molar-refractivity contribution < 1.29 is 0 Å². The fraction of sp³-hybridized carbons (Fsp3) is 0.262.